The number of hydrogen-bond donors (Lipinski definition) is 2. The Morgan fingerprint density at radius 3 is 3.15 bits per heavy atom. The van der Waals surface area contributed by atoms with Gasteiger partial charge in [-0.1, -0.05) is 17.7 Å². The second-order valence-electron chi connectivity index (χ2n) is 3.44. The first kappa shape index (κ1) is 8.85. The van der Waals surface area contributed by atoms with E-state index >= 15 is 0 Å². The maximum Gasteiger partial charge on any atom is 0.0479 e. The summed E-state index contributed by atoms with van der Waals surface area (Å²) < 4.78 is 0. The molecule has 0 saturated carbocycles. The van der Waals surface area contributed by atoms with E-state index < -0.39 is 0 Å². The van der Waals surface area contributed by atoms with E-state index in [-0.39, 0.29) is 6.61 Å². The highest BCUT2D eigenvalue weighted by Crippen LogP contribution is 2.27. The van der Waals surface area contributed by atoms with Gasteiger partial charge in [0.2, 0.25) is 0 Å². The predicted molar refractivity (Wildman–Crippen MR) is 54.2 cm³/mol. The molecule has 2 nitrogen and oxygen atoms in total. The van der Waals surface area contributed by atoms with Crippen molar-refractivity contribution in [1.29, 1.82) is 0 Å². The van der Waals surface area contributed by atoms with E-state index in [1.54, 1.807) is 0 Å². The molecular formula is C10H12ClNO. The fourth-order valence-electron chi connectivity index (χ4n) is 1.66. The van der Waals surface area contributed by atoms with Gasteiger partial charge in [0, 0.05) is 29.8 Å². The molecule has 3 heteroatoms. The summed E-state index contributed by atoms with van der Waals surface area (Å²) in [6, 6.07) is 5.85. The molecule has 1 unspecified atom stereocenters. The van der Waals surface area contributed by atoms with Crippen molar-refractivity contribution in [2.45, 2.75) is 6.42 Å². The first-order valence-corrected chi connectivity index (χ1v) is 4.80. The predicted octanol–water partition coefficient (Wildman–Crippen LogP) is 1.92. The van der Waals surface area contributed by atoms with Gasteiger partial charge in [0.05, 0.1) is 0 Å². The minimum absolute atomic E-state index is 0.245. The van der Waals surface area contributed by atoms with Crippen LogP contribution in [0.2, 0.25) is 5.02 Å². The Hall–Kier alpha value is -0.730. The molecular weight excluding hydrogens is 186 g/mol. The van der Waals surface area contributed by atoms with Crippen LogP contribution in [0.4, 0.5) is 5.69 Å². The van der Waals surface area contributed by atoms with Gasteiger partial charge >= 0.3 is 0 Å². The lowest BCUT2D eigenvalue weighted by Crippen LogP contribution is -2.25. The quantitative estimate of drug-likeness (QED) is 0.721. The number of aliphatic hydroxyl groups excluding tert-OH is 1. The Balaban J connectivity index is 2.26. The number of benzene rings is 1. The van der Waals surface area contributed by atoms with Gasteiger partial charge in [-0.3, -0.25) is 0 Å². The molecule has 1 aliphatic heterocycles. The van der Waals surface area contributed by atoms with Crippen molar-refractivity contribution in [1.82, 2.24) is 0 Å². The van der Waals surface area contributed by atoms with Crippen molar-refractivity contribution in [2.24, 2.45) is 5.92 Å². The van der Waals surface area contributed by atoms with Crippen LogP contribution in [0.3, 0.4) is 0 Å². The van der Waals surface area contributed by atoms with Gasteiger partial charge in [-0.2, -0.15) is 0 Å². The lowest BCUT2D eigenvalue weighted by molar-refractivity contribution is 0.230. The monoisotopic (exact) mass is 197 g/mol. The Kier molecular flexibility index (Phi) is 2.42. The minimum atomic E-state index is 0.245. The fraction of sp³-hybridized carbons (Fsp3) is 0.400. The first-order chi connectivity index (χ1) is 6.29. The molecule has 1 atom stereocenters. The minimum Gasteiger partial charge on any atom is -0.396 e. The van der Waals surface area contributed by atoms with Crippen molar-refractivity contribution in [2.75, 3.05) is 18.5 Å². The summed E-state index contributed by atoms with van der Waals surface area (Å²) in [4.78, 5) is 0. The zero-order valence-corrected chi connectivity index (χ0v) is 8.01. The topological polar surface area (TPSA) is 32.3 Å². The summed E-state index contributed by atoms with van der Waals surface area (Å²) in [6.07, 6.45) is 0.940. The van der Waals surface area contributed by atoms with Gasteiger partial charge in [0.25, 0.3) is 0 Å². The van der Waals surface area contributed by atoms with E-state index in [2.05, 4.69) is 5.32 Å². The molecule has 70 valence electrons. The van der Waals surface area contributed by atoms with E-state index in [0.29, 0.717) is 5.92 Å². The lowest BCUT2D eigenvalue weighted by atomic mass is 9.95. The molecule has 1 aromatic rings. The average Bonchev–Trinajstić information content (AvgIpc) is 2.17. The molecule has 0 aromatic heterocycles. The second-order valence-corrected chi connectivity index (χ2v) is 3.87. The lowest BCUT2D eigenvalue weighted by Gasteiger charge is -2.24. The Morgan fingerprint density at radius 2 is 2.38 bits per heavy atom. The Morgan fingerprint density at radius 1 is 1.54 bits per heavy atom. The van der Waals surface area contributed by atoms with Crippen molar-refractivity contribution < 1.29 is 5.11 Å². The number of halogens is 1. The fourth-order valence-corrected chi connectivity index (χ4v) is 1.83. The molecule has 0 radical (unpaired) electrons. The zero-order valence-electron chi connectivity index (χ0n) is 7.26. The highest BCUT2D eigenvalue weighted by Gasteiger charge is 2.16. The third kappa shape index (κ3) is 1.79. The van der Waals surface area contributed by atoms with Crippen LogP contribution < -0.4 is 5.32 Å². The molecule has 1 aliphatic rings. The van der Waals surface area contributed by atoms with Crippen LogP contribution in [0.1, 0.15) is 5.56 Å². The van der Waals surface area contributed by atoms with Crippen LogP contribution in [-0.4, -0.2) is 18.3 Å². The van der Waals surface area contributed by atoms with Crippen LogP contribution >= 0.6 is 11.6 Å². The van der Waals surface area contributed by atoms with Gasteiger partial charge in [0.1, 0.15) is 0 Å². The van der Waals surface area contributed by atoms with E-state index in [0.717, 1.165) is 23.7 Å². The van der Waals surface area contributed by atoms with Gasteiger partial charge in [0.15, 0.2) is 0 Å². The highest BCUT2D eigenvalue weighted by molar-refractivity contribution is 6.30. The standard InChI is InChI=1S/C10H12ClNO/c11-9-2-1-8-3-7(6-13)5-12-10(8)4-9/h1-2,4,7,12-13H,3,5-6H2. The van der Waals surface area contributed by atoms with Crippen molar-refractivity contribution >= 4 is 17.3 Å². The molecule has 0 fully saturated rings. The van der Waals surface area contributed by atoms with Crippen LogP contribution in [0.5, 0.6) is 0 Å². The number of nitrogens with one attached hydrogen (secondary N) is 1. The maximum atomic E-state index is 9.01. The molecule has 13 heavy (non-hydrogen) atoms. The summed E-state index contributed by atoms with van der Waals surface area (Å²) in [5, 5.41) is 13.0. The molecule has 0 amide bonds. The molecule has 2 N–H and O–H groups in total. The van der Waals surface area contributed by atoms with Gasteiger partial charge < -0.3 is 10.4 Å². The first-order valence-electron chi connectivity index (χ1n) is 4.43. The van der Waals surface area contributed by atoms with E-state index in [1.165, 1.54) is 5.56 Å². The number of anilines is 1. The number of aliphatic hydroxyl groups is 1. The molecule has 0 saturated heterocycles. The third-order valence-corrected chi connectivity index (χ3v) is 2.65. The summed E-state index contributed by atoms with van der Waals surface area (Å²) in [5.41, 5.74) is 2.35. The number of hydrogen-bond acceptors (Lipinski definition) is 2. The Bertz CT molecular complexity index is 314. The maximum absolute atomic E-state index is 9.01. The van der Waals surface area contributed by atoms with E-state index in [9.17, 15) is 0 Å². The van der Waals surface area contributed by atoms with Gasteiger partial charge in [-0.25, -0.2) is 0 Å². The summed E-state index contributed by atoms with van der Waals surface area (Å²) in [6.45, 7) is 1.08. The van der Waals surface area contributed by atoms with Crippen LogP contribution in [0.15, 0.2) is 18.2 Å². The molecule has 1 heterocycles. The van der Waals surface area contributed by atoms with Crippen LogP contribution in [0, 0.1) is 5.92 Å². The molecule has 1 aromatic carbocycles. The number of fused-ring (bicyclic) bond motifs is 1. The normalized spacial score (nSPS) is 20.6. The largest absolute Gasteiger partial charge is 0.396 e. The molecule has 0 spiro atoms. The molecule has 0 aliphatic carbocycles. The highest BCUT2D eigenvalue weighted by atomic mass is 35.5. The number of rotatable bonds is 1. The average molecular weight is 198 g/mol. The van der Waals surface area contributed by atoms with E-state index in [4.69, 9.17) is 16.7 Å². The van der Waals surface area contributed by atoms with Crippen molar-refractivity contribution in [3.05, 3.63) is 28.8 Å². The molecule has 2 rings (SSSR count). The van der Waals surface area contributed by atoms with Crippen LogP contribution in [-0.2, 0) is 6.42 Å². The van der Waals surface area contributed by atoms with Crippen molar-refractivity contribution in [3.8, 4) is 0 Å². The van der Waals surface area contributed by atoms with Gasteiger partial charge in [-0.15, -0.1) is 0 Å². The van der Waals surface area contributed by atoms with E-state index in [1.807, 2.05) is 18.2 Å². The molecule has 0 bridgehead atoms. The SMILES string of the molecule is OCC1CNc2cc(Cl)ccc2C1. The smallest absolute Gasteiger partial charge is 0.0479 e. The second kappa shape index (κ2) is 3.56. The Labute approximate surface area is 82.5 Å². The summed E-state index contributed by atoms with van der Waals surface area (Å²) in [5.74, 6) is 0.341. The van der Waals surface area contributed by atoms with Gasteiger partial charge in [-0.05, 0) is 24.1 Å². The summed E-state index contributed by atoms with van der Waals surface area (Å²) in [7, 11) is 0. The summed E-state index contributed by atoms with van der Waals surface area (Å²) >= 11 is 5.86. The van der Waals surface area contributed by atoms with Crippen LogP contribution in [0.25, 0.3) is 0 Å². The third-order valence-electron chi connectivity index (χ3n) is 2.42. The van der Waals surface area contributed by atoms with Crippen molar-refractivity contribution in [3.63, 3.8) is 0 Å². The zero-order chi connectivity index (χ0) is 9.26.